The Morgan fingerprint density at radius 3 is 2.35 bits per heavy atom. The van der Waals surface area contributed by atoms with Gasteiger partial charge in [-0.1, -0.05) is 51.9 Å². The van der Waals surface area contributed by atoms with E-state index in [1.165, 1.54) is 38.5 Å². The highest BCUT2D eigenvalue weighted by Gasteiger charge is 2.39. The number of hydrogen-bond donors (Lipinski definition) is 2. The maximum atomic E-state index is 10.8. The molecule has 5 heteroatoms. The van der Waals surface area contributed by atoms with Gasteiger partial charge in [-0.25, -0.2) is 15.0 Å². The number of hydroxylamine groups is 3. The first-order valence-electron chi connectivity index (χ1n) is 7.94. The normalized spacial score (nSPS) is 22.0. The van der Waals surface area contributed by atoms with Crippen LogP contribution in [0, 0.1) is 0 Å². The molecular formula is C15H29N2O3+. The standard InChI is InChI=1S/C15H28N2O3/c1-2-3-4-5-6-7-8-9-10-14-16-11-12-17(14,20)13-15(18)19/h20H,2-13H2,1H3/p+1. The van der Waals surface area contributed by atoms with Gasteiger partial charge in [0.1, 0.15) is 6.54 Å². The number of quaternary nitrogens is 1. The van der Waals surface area contributed by atoms with Crippen LogP contribution in [0.1, 0.15) is 64.7 Å². The second kappa shape index (κ2) is 9.08. The number of hydrogen-bond acceptors (Lipinski definition) is 3. The summed E-state index contributed by atoms with van der Waals surface area (Å²) in [5.74, 6) is -0.323. The Labute approximate surface area is 121 Å². The van der Waals surface area contributed by atoms with E-state index in [9.17, 15) is 10.0 Å². The van der Waals surface area contributed by atoms with E-state index < -0.39 is 10.6 Å². The molecule has 1 heterocycles. The predicted molar refractivity (Wildman–Crippen MR) is 78.9 cm³/mol. The third-order valence-electron chi connectivity index (χ3n) is 3.90. The highest BCUT2D eigenvalue weighted by atomic mass is 16.6. The smallest absolute Gasteiger partial charge is 0.362 e. The number of carboxylic acid groups (broad SMARTS) is 1. The van der Waals surface area contributed by atoms with Crippen LogP contribution < -0.4 is 0 Å². The van der Waals surface area contributed by atoms with Crippen LogP contribution in [-0.2, 0) is 4.79 Å². The number of carboxylic acids is 1. The number of aliphatic imine (C=N–C) groups is 1. The van der Waals surface area contributed by atoms with Gasteiger partial charge in [-0.2, -0.15) is 0 Å². The number of aliphatic carboxylic acids is 1. The molecule has 1 atom stereocenters. The average molecular weight is 285 g/mol. The molecule has 0 spiro atoms. The van der Waals surface area contributed by atoms with Crippen molar-refractivity contribution >= 4 is 11.8 Å². The molecule has 0 aromatic heterocycles. The molecule has 1 rings (SSSR count). The summed E-state index contributed by atoms with van der Waals surface area (Å²) < 4.78 is -0.480. The van der Waals surface area contributed by atoms with E-state index in [0.717, 1.165) is 19.3 Å². The molecule has 1 aliphatic heterocycles. The topological polar surface area (TPSA) is 69.9 Å². The molecule has 0 amide bonds. The molecule has 0 radical (unpaired) electrons. The molecule has 0 saturated carbocycles. The largest absolute Gasteiger partial charge is 0.477 e. The maximum Gasteiger partial charge on any atom is 0.362 e. The minimum absolute atomic E-state index is 0.268. The molecule has 1 aliphatic rings. The second-order valence-electron chi connectivity index (χ2n) is 5.72. The Balaban J connectivity index is 2.13. The Hall–Kier alpha value is -0.940. The van der Waals surface area contributed by atoms with Crippen LogP contribution in [0.3, 0.4) is 0 Å². The third-order valence-corrected chi connectivity index (χ3v) is 3.90. The molecule has 1 unspecified atom stereocenters. The van der Waals surface area contributed by atoms with Gasteiger partial charge in [-0.15, -0.1) is 4.65 Å². The Kier molecular flexibility index (Phi) is 7.77. The van der Waals surface area contributed by atoms with E-state index in [0.29, 0.717) is 18.9 Å². The molecule has 116 valence electrons. The average Bonchev–Trinajstić information content (AvgIpc) is 2.72. The Morgan fingerprint density at radius 1 is 1.15 bits per heavy atom. The second-order valence-corrected chi connectivity index (χ2v) is 5.72. The lowest BCUT2D eigenvalue weighted by molar-refractivity contribution is -1.02. The first kappa shape index (κ1) is 17.1. The van der Waals surface area contributed by atoms with Crippen molar-refractivity contribution in [3.05, 3.63) is 0 Å². The van der Waals surface area contributed by atoms with Gasteiger partial charge < -0.3 is 5.11 Å². The van der Waals surface area contributed by atoms with Gasteiger partial charge in [0.25, 0.3) is 0 Å². The zero-order chi connectivity index (χ0) is 14.8. The lowest BCUT2D eigenvalue weighted by Crippen LogP contribution is -2.50. The van der Waals surface area contributed by atoms with Crippen LogP contribution in [0.15, 0.2) is 4.99 Å². The SMILES string of the molecule is CCCCCCCCCCC1=NCC[N+]1(O)CC(=O)O. The van der Waals surface area contributed by atoms with Crippen molar-refractivity contribution in [2.45, 2.75) is 64.7 Å². The van der Waals surface area contributed by atoms with E-state index in [1.54, 1.807) is 0 Å². The summed E-state index contributed by atoms with van der Waals surface area (Å²) >= 11 is 0. The number of unbranched alkanes of at least 4 members (excludes halogenated alkanes) is 7. The summed E-state index contributed by atoms with van der Waals surface area (Å²) in [6.45, 7) is 2.89. The first-order valence-corrected chi connectivity index (χ1v) is 7.94. The van der Waals surface area contributed by atoms with Crippen LogP contribution in [0.25, 0.3) is 0 Å². The van der Waals surface area contributed by atoms with E-state index in [-0.39, 0.29) is 6.54 Å². The third kappa shape index (κ3) is 6.01. The van der Waals surface area contributed by atoms with Gasteiger partial charge in [-0.05, 0) is 6.42 Å². The van der Waals surface area contributed by atoms with E-state index in [4.69, 9.17) is 5.11 Å². The summed E-state index contributed by atoms with van der Waals surface area (Å²) in [6.07, 6.45) is 10.6. The summed E-state index contributed by atoms with van der Waals surface area (Å²) in [5.41, 5.74) is 0. The number of carbonyl (C=O) groups is 1. The molecule has 0 bridgehead atoms. The number of rotatable bonds is 11. The Morgan fingerprint density at radius 2 is 1.75 bits per heavy atom. The summed E-state index contributed by atoms with van der Waals surface area (Å²) in [6, 6.07) is 0. The van der Waals surface area contributed by atoms with Gasteiger partial charge in [0.2, 0.25) is 12.4 Å². The van der Waals surface area contributed by atoms with Crippen molar-refractivity contribution in [2.24, 2.45) is 4.99 Å². The van der Waals surface area contributed by atoms with E-state index in [2.05, 4.69) is 11.9 Å². The van der Waals surface area contributed by atoms with Gasteiger partial charge in [0, 0.05) is 6.42 Å². The lowest BCUT2D eigenvalue weighted by atomic mass is 10.1. The minimum atomic E-state index is -0.974. The molecule has 2 N–H and O–H groups in total. The molecule has 0 aromatic carbocycles. The van der Waals surface area contributed by atoms with Crippen LogP contribution in [0.4, 0.5) is 0 Å². The van der Waals surface area contributed by atoms with Gasteiger partial charge in [-0.3, -0.25) is 0 Å². The molecular weight excluding hydrogens is 256 g/mol. The van der Waals surface area contributed by atoms with Crippen LogP contribution in [-0.4, -0.2) is 46.4 Å². The first-order chi connectivity index (χ1) is 9.58. The van der Waals surface area contributed by atoms with Crippen LogP contribution >= 0.6 is 0 Å². The monoisotopic (exact) mass is 285 g/mol. The van der Waals surface area contributed by atoms with Gasteiger partial charge >= 0.3 is 5.97 Å². The molecule has 0 aliphatic carbocycles. The summed E-state index contributed by atoms with van der Waals surface area (Å²) in [7, 11) is 0. The van der Waals surface area contributed by atoms with Crippen molar-refractivity contribution < 1.29 is 19.8 Å². The van der Waals surface area contributed by atoms with Crippen molar-refractivity contribution in [3.63, 3.8) is 0 Å². The van der Waals surface area contributed by atoms with Crippen molar-refractivity contribution in [1.82, 2.24) is 0 Å². The van der Waals surface area contributed by atoms with Crippen molar-refractivity contribution in [2.75, 3.05) is 19.6 Å². The number of nitrogens with zero attached hydrogens (tertiary/aromatic N) is 2. The molecule has 5 nitrogen and oxygen atoms in total. The fourth-order valence-electron chi connectivity index (χ4n) is 2.70. The lowest BCUT2D eigenvalue weighted by Gasteiger charge is -2.23. The maximum absolute atomic E-state index is 10.8. The zero-order valence-electron chi connectivity index (χ0n) is 12.7. The fraction of sp³-hybridized carbons (Fsp3) is 0.867. The quantitative estimate of drug-likeness (QED) is 0.452. The summed E-state index contributed by atoms with van der Waals surface area (Å²) in [4.78, 5) is 15.1. The van der Waals surface area contributed by atoms with Crippen LogP contribution in [0.5, 0.6) is 0 Å². The van der Waals surface area contributed by atoms with Crippen molar-refractivity contribution in [3.8, 4) is 0 Å². The van der Waals surface area contributed by atoms with Crippen molar-refractivity contribution in [1.29, 1.82) is 0 Å². The number of amidine groups is 1. The minimum Gasteiger partial charge on any atom is -0.477 e. The van der Waals surface area contributed by atoms with Gasteiger partial charge in [0.05, 0.1) is 6.54 Å². The Bertz CT molecular complexity index is 331. The van der Waals surface area contributed by atoms with Crippen LogP contribution in [0.2, 0.25) is 0 Å². The molecule has 0 saturated heterocycles. The van der Waals surface area contributed by atoms with E-state index in [1.807, 2.05) is 0 Å². The highest BCUT2D eigenvalue weighted by Crippen LogP contribution is 2.17. The predicted octanol–water partition coefficient (Wildman–Crippen LogP) is 3.22. The molecule has 20 heavy (non-hydrogen) atoms. The highest BCUT2D eigenvalue weighted by molar-refractivity contribution is 5.79. The molecule has 0 aromatic rings. The summed E-state index contributed by atoms with van der Waals surface area (Å²) in [5, 5.41) is 19.1. The zero-order valence-corrected chi connectivity index (χ0v) is 12.7. The van der Waals surface area contributed by atoms with E-state index >= 15 is 0 Å². The molecule has 0 fully saturated rings. The van der Waals surface area contributed by atoms with Gasteiger partial charge in [0.15, 0.2) is 0 Å². The fourth-order valence-corrected chi connectivity index (χ4v) is 2.70.